The highest BCUT2D eigenvalue weighted by atomic mass is 35.5. The van der Waals surface area contributed by atoms with Gasteiger partial charge in [0, 0.05) is 16.0 Å². The Labute approximate surface area is 212 Å². The van der Waals surface area contributed by atoms with Crippen molar-refractivity contribution in [3.05, 3.63) is 83.9 Å². The second-order valence-corrected chi connectivity index (χ2v) is 11.9. The van der Waals surface area contributed by atoms with Crippen LogP contribution < -0.4 is 14.4 Å². The predicted molar refractivity (Wildman–Crippen MR) is 139 cm³/mol. The summed E-state index contributed by atoms with van der Waals surface area (Å²) >= 11 is 7.19. The second kappa shape index (κ2) is 9.93. The Morgan fingerprint density at radius 1 is 0.943 bits per heavy atom. The van der Waals surface area contributed by atoms with E-state index in [-0.39, 0.29) is 29.4 Å². The third kappa shape index (κ3) is 5.63. The molecule has 3 aromatic rings. The van der Waals surface area contributed by atoms with Crippen molar-refractivity contribution in [1.82, 2.24) is 0 Å². The first kappa shape index (κ1) is 23.7. The largest absolute Gasteiger partial charge is 0.484 e. The van der Waals surface area contributed by atoms with Gasteiger partial charge in [0.05, 0.1) is 17.5 Å². The molecule has 0 saturated carbocycles. The van der Waals surface area contributed by atoms with E-state index >= 15 is 0 Å². The summed E-state index contributed by atoms with van der Waals surface area (Å²) in [5, 5.41) is 0.851. The number of carbonyl (C=O) groups is 1. The van der Waals surface area contributed by atoms with Crippen LogP contribution in [-0.2, 0) is 14.6 Å². The van der Waals surface area contributed by atoms with Gasteiger partial charge in [0.15, 0.2) is 21.6 Å². The first-order valence-corrected chi connectivity index (χ1v) is 13.9. The van der Waals surface area contributed by atoms with Crippen LogP contribution in [0.1, 0.15) is 0 Å². The maximum atomic E-state index is 12.6. The molecule has 0 radical (unpaired) electrons. The molecule has 1 amide bonds. The molecule has 2 aliphatic heterocycles. The fourth-order valence-electron chi connectivity index (χ4n) is 3.98. The number of ether oxygens (including phenoxy) is 2. The molecule has 2 atom stereocenters. The van der Waals surface area contributed by atoms with Crippen molar-refractivity contribution in [1.29, 1.82) is 0 Å². The Morgan fingerprint density at radius 2 is 1.60 bits per heavy atom. The van der Waals surface area contributed by atoms with Gasteiger partial charge in [-0.05, 0) is 60.7 Å². The molecule has 10 heteroatoms. The smallest absolute Gasteiger partial charge is 0.285 e. The summed E-state index contributed by atoms with van der Waals surface area (Å²) in [4.78, 5) is 18.7. The summed E-state index contributed by atoms with van der Waals surface area (Å²) in [6.45, 7) is -0.239. The SMILES string of the molecule is O=C(COc1ccc(Cl)cc1)N=C1S[C@@H]2CS(=O)(=O)C[C@H]2N1c1ccc(Oc2ccccc2)cc1. The number of nitrogens with zero attached hydrogens (tertiary/aromatic N) is 2. The van der Waals surface area contributed by atoms with Gasteiger partial charge in [0.1, 0.15) is 17.2 Å². The number of fused-ring (bicyclic) bond motifs is 1. The molecule has 7 nitrogen and oxygen atoms in total. The molecule has 180 valence electrons. The van der Waals surface area contributed by atoms with Crippen LogP contribution in [-0.4, -0.2) is 48.9 Å². The van der Waals surface area contributed by atoms with Gasteiger partial charge in [-0.1, -0.05) is 41.6 Å². The van der Waals surface area contributed by atoms with E-state index in [1.165, 1.54) is 11.8 Å². The molecule has 0 bridgehead atoms. The lowest BCUT2D eigenvalue weighted by molar-refractivity contribution is -0.119. The number of sulfone groups is 1. The highest BCUT2D eigenvalue weighted by Gasteiger charge is 2.49. The molecule has 2 saturated heterocycles. The Bertz CT molecular complexity index is 1350. The lowest BCUT2D eigenvalue weighted by atomic mass is 10.2. The van der Waals surface area contributed by atoms with Crippen LogP contribution in [0.15, 0.2) is 83.9 Å². The third-order valence-electron chi connectivity index (χ3n) is 5.56. The Morgan fingerprint density at radius 3 is 2.31 bits per heavy atom. The number of hydrogen-bond acceptors (Lipinski definition) is 6. The second-order valence-electron chi connectivity index (χ2n) is 8.11. The van der Waals surface area contributed by atoms with Gasteiger partial charge in [-0.2, -0.15) is 4.99 Å². The van der Waals surface area contributed by atoms with Crippen molar-refractivity contribution >= 4 is 50.0 Å². The number of para-hydroxylation sites is 1. The van der Waals surface area contributed by atoms with Gasteiger partial charge < -0.3 is 14.4 Å². The van der Waals surface area contributed by atoms with Crippen LogP contribution in [0.3, 0.4) is 0 Å². The monoisotopic (exact) mass is 528 g/mol. The summed E-state index contributed by atoms with van der Waals surface area (Å²) in [6, 6.07) is 23.1. The average Bonchev–Trinajstić information content (AvgIpc) is 3.30. The topological polar surface area (TPSA) is 85.3 Å². The van der Waals surface area contributed by atoms with Crippen molar-refractivity contribution in [2.45, 2.75) is 11.3 Å². The number of amides is 1. The van der Waals surface area contributed by atoms with E-state index in [0.717, 1.165) is 5.69 Å². The number of anilines is 1. The first-order chi connectivity index (χ1) is 16.9. The highest BCUT2D eigenvalue weighted by Crippen LogP contribution is 2.41. The number of rotatable bonds is 6. The summed E-state index contributed by atoms with van der Waals surface area (Å²) < 4.78 is 36.0. The molecule has 0 aliphatic carbocycles. The van der Waals surface area contributed by atoms with Crippen molar-refractivity contribution in [2.75, 3.05) is 23.0 Å². The summed E-state index contributed by atoms with van der Waals surface area (Å²) in [5.41, 5.74) is 0.743. The van der Waals surface area contributed by atoms with Crippen LogP contribution >= 0.6 is 23.4 Å². The molecular weight excluding hydrogens is 508 g/mol. The Balaban J connectivity index is 1.35. The zero-order valence-electron chi connectivity index (χ0n) is 18.4. The van der Waals surface area contributed by atoms with Crippen molar-refractivity contribution in [3.63, 3.8) is 0 Å². The molecule has 5 rings (SSSR count). The Hall–Kier alpha value is -3.01. The van der Waals surface area contributed by atoms with Crippen LogP contribution in [0.5, 0.6) is 17.2 Å². The van der Waals surface area contributed by atoms with Gasteiger partial charge in [-0.25, -0.2) is 8.42 Å². The fourth-order valence-corrected chi connectivity index (χ4v) is 8.04. The molecule has 0 N–H and O–H groups in total. The number of halogens is 1. The predicted octanol–water partition coefficient (Wildman–Crippen LogP) is 4.81. The molecule has 0 aromatic heterocycles. The number of carbonyl (C=O) groups excluding carboxylic acids is 1. The van der Waals surface area contributed by atoms with Gasteiger partial charge >= 0.3 is 0 Å². The number of thioether (sulfide) groups is 1. The van der Waals surface area contributed by atoms with E-state index in [9.17, 15) is 13.2 Å². The highest BCUT2D eigenvalue weighted by molar-refractivity contribution is 8.16. The van der Waals surface area contributed by atoms with Gasteiger partial charge in [0.25, 0.3) is 5.91 Å². The maximum Gasteiger partial charge on any atom is 0.285 e. The van der Waals surface area contributed by atoms with E-state index in [0.29, 0.717) is 27.4 Å². The third-order valence-corrected chi connectivity index (χ3v) is 9.02. The number of aliphatic imine (C=N–C) groups is 1. The van der Waals surface area contributed by atoms with E-state index in [4.69, 9.17) is 21.1 Å². The minimum Gasteiger partial charge on any atom is -0.484 e. The molecule has 35 heavy (non-hydrogen) atoms. The number of benzene rings is 3. The summed E-state index contributed by atoms with van der Waals surface area (Å²) in [7, 11) is -3.16. The quantitative estimate of drug-likeness (QED) is 0.453. The lowest BCUT2D eigenvalue weighted by Gasteiger charge is -2.24. The minimum absolute atomic E-state index is 0.0153. The van der Waals surface area contributed by atoms with Crippen molar-refractivity contribution < 1.29 is 22.7 Å². The molecule has 2 heterocycles. The normalized spacial score (nSPS) is 21.6. The zero-order valence-corrected chi connectivity index (χ0v) is 20.8. The number of amidine groups is 1. The van der Waals surface area contributed by atoms with Crippen molar-refractivity contribution in [2.24, 2.45) is 4.99 Å². The molecule has 0 spiro atoms. The van der Waals surface area contributed by atoms with E-state index < -0.39 is 15.7 Å². The van der Waals surface area contributed by atoms with E-state index in [1.54, 1.807) is 24.3 Å². The van der Waals surface area contributed by atoms with Gasteiger partial charge in [-0.15, -0.1) is 0 Å². The van der Waals surface area contributed by atoms with Gasteiger partial charge in [0.2, 0.25) is 0 Å². The minimum atomic E-state index is -3.16. The van der Waals surface area contributed by atoms with E-state index in [1.807, 2.05) is 59.5 Å². The molecule has 2 fully saturated rings. The van der Waals surface area contributed by atoms with E-state index in [2.05, 4.69) is 4.99 Å². The molecule has 0 unspecified atom stereocenters. The molecule has 3 aromatic carbocycles. The summed E-state index contributed by atoms with van der Waals surface area (Å²) in [6.07, 6.45) is 0. The maximum absolute atomic E-state index is 12.6. The standard InChI is InChI=1S/C25H21ClN2O5S2/c26-17-6-10-19(11-7-17)32-14-24(29)27-25-28(22-15-35(30,31)16-23(22)34-25)18-8-12-21(13-9-18)33-20-4-2-1-3-5-20/h1-13,22-23H,14-16H2/t22-,23-/m1/s1. The zero-order chi connectivity index (χ0) is 24.4. The summed E-state index contributed by atoms with van der Waals surface area (Å²) in [5.74, 6) is 1.49. The fraction of sp³-hybridized carbons (Fsp3) is 0.200. The van der Waals surface area contributed by atoms with Gasteiger partial charge in [-0.3, -0.25) is 4.79 Å². The molecule has 2 aliphatic rings. The Kier molecular flexibility index (Phi) is 6.73. The molecular formula is C25H21ClN2O5S2. The number of hydrogen-bond donors (Lipinski definition) is 0. The average molecular weight is 529 g/mol. The van der Waals surface area contributed by atoms with Crippen LogP contribution in [0, 0.1) is 0 Å². The van der Waals surface area contributed by atoms with Crippen LogP contribution in [0.4, 0.5) is 5.69 Å². The van der Waals surface area contributed by atoms with Crippen LogP contribution in [0.2, 0.25) is 5.02 Å². The lowest BCUT2D eigenvalue weighted by Crippen LogP contribution is -2.37. The van der Waals surface area contributed by atoms with Crippen LogP contribution in [0.25, 0.3) is 0 Å². The first-order valence-electron chi connectivity index (χ1n) is 10.9. The van der Waals surface area contributed by atoms with Crippen molar-refractivity contribution in [3.8, 4) is 17.2 Å².